The van der Waals surface area contributed by atoms with E-state index < -0.39 is 23.6 Å². The van der Waals surface area contributed by atoms with E-state index in [-0.39, 0.29) is 29.3 Å². The number of fused-ring (bicyclic) bond motifs is 1. The van der Waals surface area contributed by atoms with Crippen LogP contribution in [0.25, 0.3) is 22.2 Å². The fraction of sp³-hybridized carbons (Fsp3) is 0.345. The zero-order valence-electron chi connectivity index (χ0n) is 22.9. The third-order valence-corrected chi connectivity index (χ3v) is 7.77. The van der Waals surface area contributed by atoms with Crippen molar-refractivity contribution in [3.8, 4) is 11.1 Å². The molecule has 0 radical (unpaired) electrons. The molecule has 4 N–H and O–H groups in total. The molecule has 1 saturated heterocycles. The van der Waals surface area contributed by atoms with Gasteiger partial charge in [-0.1, -0.05) is 12.1 Å². The number of amides is 2. The molecule has 2 aliphatic rings. The summed E-state index contributed by atoms with van der Waals surface area (Å²) in [6.07, 6.45) is 0.708. The van der Waals surface area contributed by atoms with E-state index >= 15 is 4.39 Å². The van der Waals surface area contributed by atoms with E-state index in [1.54, 1.807) is 6.07 Å². The molecule has 2 aromatic carbocycles. The average molecular weight is 583 g/mol. The summed E-state index contributed by atoms with van der Waals surface area (Å²) in [5, 5.41) is 5.41. The first-order chi connectivity index (χ1) is 20.1. The molecule has 2 fully saturated rings. The molecule has 13 heteroatoms. The largest absolute Gasteiger partial charge is 0.416 e. The van der Waals surface area contributed by atoms with Crippen LogP contribution in [0.4, 0.5) is 39.5 Å². The summed E-state index contributed by atoms with van der Waals surface area (Å²) in [5.74, 6) is -0.437. The van der Waals surface area contributed by atoms with Crippen LogP contribution in [0.3, 0.4) is 0 Å². The Morgan fingerprint density at radius 2 is 1.81 bits per heavy atom. The van der Waals surface area contributed by atoms with Gasteiger partial charge >= 0.3 is 12.2 Å². The predicted molar refractivity (Wildman–Crippen MR) is 152 cm³/mol. The van der Waals surface area contributed by atoms with Crippen LogP contribution in [-0.2, 0) is 12.7 Å². The second-order valence-electron chi connectivity index (χ2n) is 10.9. The summed E-state index contributed by atoms with van der Waals surface area (Å²) in [6.45, 7) is 3.06. The van der Waals surface area contributed by atoms with Crippen molar-refractivity contribution in [2.75, 3.05) is 49.6 Å². The van der Waals surface area contributed by atoms with Crippen molar-refractivity contribution in [1.29, 1.82) is 0 Å². The third-order valence-electron chi connectivity index (χ3n) is 7.77. The highest BCUT2D eigenvalue weighted by molar-refractivity contribution is 6.02. The maximum Gasteiger partial charge on any atom is 0.416 e. The first-order valence-electron chi connectivity index (χ1n) is 13.7. The van der Waals surface area contributed by atoms with Crippen molar-refractivity contribution < 1.29 is 22.4 Å². The average Bonchev–Trinajstić information content (AvgIpc) is 3.71. The molecule has 1 aliphatic heterocycles. The summed E-state index contributed by atoms with van der Waals surface area (Å²) in [5.41, 5.74) is 7.14. The first kappa shape index (κ1) is 27.9. The second kappa shape index (κ2) is 10.9. The van der Waals surface area contributed by atoms with Crippen LogP contribution >= 0.6 is 0 Å². The second-order valence-corrected chi connectivity index (χ2v) is 10.9. The lowest BCUT2D eigenvalue weighted by Crippen LogP contribution is -2.44. The van der Waals surface area contributed by atoms with Crippen molar-refractivity contribution in [1.82, 2.24) is 24.3 Å². The van der Waals surface area contributed by atoms with E-state index in [1.165, 1.54) is 30.6 Å². The molecule has 0 spiro atoms. The van der Waals surface area contributed by atoms with Crippen LogP contribution in [-0.4, -0.2) is 63.6 Å². The van der Waals surface area contributed by atoms with Gasteiger partial charge in [0.05, 0.1) is 16.6 Å². The molecular formula is C29H30F4N8O. The van der Waals surface area contributed by atoms with E-state index in [4.69, 9.17) is 5.73 Å². The Kier molecular flexibility index (Phi) is 7.23. The number of anilines is 3. The highest BCUT2D eigenvalue weighted by Gasteiger charge is 2.34. The smallest absolute Gasteiger partial charge is 0.383 e. The molecule has 2 aromatic heterocycles. The van der Waals surface area contributed by atoms with E-state index in [9.17, 15) is 18.0 Å². The number of aromatic nitrogens is 3. The Labute approximate surface area is 239 Å². The highest BCUT2D eigenvalue weighted by Crippen LogP contribution is 2.42. The number of benzene rings is 2. The monoisotopic (exact) mass is 582 g/mol. The van der Waals surface area contributed by atoms with Crippen LogP contribution < -0.4 is 16.4 Å². The zero-order chi connectivity index (χ0) is 29.6. The maximum absolute atomic E-state index is 15.2. The number of hydrogen-bond acceptors (Lipinski definition) is 6. The molecule has 42 heavy (non-hydrogen) atoms. The minimum atomic E-state index is -4.60. The molecule has 9 nitrogen and oxygen atoms in total. The van der Waals surface area contributed by atoms with Gasteiger partial charge in [0.2, 0.25) is 0 Å². The van der Waals surface area contributed by atoms with Crippen molar-refractivity contribution in [2.45, 2.75) is 31.6 Å². The van der Waals surface area contributed by atoms with Crippen LogP contribution in [0.2, 0.25) is 0 Å². The zero-order valence-corrected chi connectivity index (χ0v) is 22.9. The van der Waals surface area contributed by atoms with E-state index in [0.717, 1.165) is 32.0 Å². The molecule has 1 aliphatic carbocycles. The number of piperazine rings is 1. The van der Waals surface area contributed by atoms with Crippen molar-refractivity contribution in [2.24, 2.45) is 0 Å². The first-order valence-corrected chi connectivity index (χ1v) is 13.7. The number of alkyl halides is 3. The van der Waals surface area contributed by atoms with E-state index in [1.807, 2.05) is 22.7 Å². The fourth-order valence-electron chi connectivity index (χ4n) is 5.33. The molecule has 3 heterocycles. The molecule has 0 bridgehead atoms. The number of halogens is 4. The standard InChI is InChI=1S/C29H30F4N8O/c1-39-8-10-40(11-9-39)14-18-2-4-19(13-22(18)29(31,32)33)37-28(42)38-24-7-3-17(12-23(24)30)21-15-41(20-5-6-20)27-25(21)26(34)35-16-36-27/h2-4,7,12-13,15-16,20H,5-6,8-11,14H2,1H3,(H2,34,35,36)(H2,37,38,42). The predicted octanol–water partition coefficient (Wildman–Crippen LogP) is 5.56. The van der Waals surface area contributed by atoms with Crippen molar-refractivity contribution in [3.05, 3.63) is 65.9 Å². The molecule has 0 unspecified atom stereocenters. The van der Waals surface area contributed by atoms with Gasteiger partial charge in [-0.3, -0.25) is 4.90 Å². The van der Waals surface area contributed by atoms with Gasteiger partial charge < -0.3 is 25.8 Å². The summed E-state index contributed by atoms with van der Waals surface area (Å²) in [4.78, 5) is 25.2. The molecule has 4 aromatic rings. The lowest BCUT2D eigenvalue weighted by atomic mass is 10.0. The van der Waals surface area contributed by atoms with Gasteiger partial charge in [0.25, 0.3) is 0 Å². The minimum absolute atomic E-state index is 0.0534. The number of carbonyl (C=O) groups excluding carboxylic acids is 1. The Bertz CT molecular complexity index is 1640. The molecule has 2 amide bonds. The molecule has 1 saturated carbocycles. The van der Waals surface area contributed by atoms with Crippen molar-refractivity contribution >= 4 is 34.3 Å². The lowest BCUT2D eigenvalue weighted by molar-refractivity contribution is -0.138. The summed E-state index contributed by atoms with van der Waals surface area (Å²) in [7, 11) is 1.98. The lowest BCUT2D eigenvalue weighted by Gasteiger charge is -2.33. The Balaban J connectivity index is 1.18. The molecule has 220 valence electrons. The van der Waals surface area contributed by atoms with Crippen LogP contribution in [0.1, 0.15) is 30.0 Å². The summed E-state index contributed by atoms with van der Waals surface area (Å²) >= 11 is 0. The normalized spacial score (nSPS) is 16.6. The van der Waals surface area contributed by atoms with Gasteiger partial charge in [-0.05, 0) is 55.3 Å². The van der Waals surface area contributed by atoms with Gasteiger partial charge in [0, 0.05) is 56.2 Å². The maximum atomic E-state index is 15.2. The molecule has 6 rings (SSSR count). The Morgan fingerprint density at radius 1 is 1.05 bits per heavy atom. The number of nitrogens with one attached hydrogen (secondary N) is 2. The fourth-order valence-corrected chi connectivity index (χ4v) is 5.33. The molecule has 0 atom stereocenters. The van der Waals surface area contributed by atoms with Gasteiger partial charge in [0.15, 0.2) is 0 Å². The topological polar surface area (TPSA) is 104 Å². The number of nitrogens with two attached hydrogens (primary N) is 1. The molecular weight excluding hydrogens is 552 g/mol. The number of hydrogen-bond donors (Lipinski definition) is 3. The van der Waals surface area contributed by atoms with Gasteiger partial charge in [-0.2, -0.15) is 13.2 Å². The SMILES string of the molecule is CN1CCN(Cc2ccc(NC(=O)Nc3ccc(-c4cn(C5CC5)c5ncnc(N)c45)cc3F)cc2C(F)(F)F)CC1. The van der Waals surface area contributed by atoms with Gasteiger partial charge in [-0.25, -0.2) is 19.2 Å². The number of likely N-dealkylation sites (N-methyl/N-ethyl adjacent to an activating group) is 1. The quantitative estimate of drug-likeness (QED) is 0.257. The number of nitrogen functional groups attached to an aromatic ring is 1. The third kappa shape index (κ3) is 5.74. The number of rotatable bonds is 6. The minimum Gasteiger partial charge on any atom is -0.383 e. The number of nitrogens with zero attached hydrogens (tertiary/aromatic N) is 5. The summed E-state index contributed by atoms with van der Waals surface area (Å²) in [6, 6.07) is 7.43. The van der Waals surface area contributed by atoms with Gasteiger partial charge in [0.1, 0.15) is 23.6 Å². The Hall–Kier alpha value is -4.23. The Morgan fingerprint density at radius 3 is 2.50 bits per heavy atom. The van der Waals surface area contributed by atoms with Crippen LogP contribution in [0, 0.1) is 5.82 Å². The van der Waals surface area contributed by atoms with Crippen molar-refractivity contribution in [3.63, 3.8) is 0 Å². The number of urea groups is 1. The van der Waals surface area contributed by atoms with E-state index in [0.29, 0.717) is 41.3 Å². The van der Waals surface area contributed by atoms with Crippen LogP contribution in [0.15, 0.2) is 48.9 Å². The highest BCUT2D eigenvalue weighted by atomic mass is 19.4. The number of carbonyl (C=O) groups is 1. The van der Waals surface area contributed by atoms with Gasteiger partial charge in [-0.15, -0.1) is 0 Å². The van der Waals surface area contributed by atoms with Crippen LogP contribution in [0.5, 0.6) is 0 Å². The van der Waals surface area contributed by atoms with E-state index in [2.05, 4.69) is 25.5 Å². The summed E-state index contributed by atoms with van der Waals surface area (Å²) < 4.78 is 58.9.